The number of methoxy groups -OCH3 is 2. The lowest BCUT2D eigenvalue weighted by Gasteiger charge is -2.11. The van der Waals surface area contributed by atoms with Gasteiger partial charge in [-0.3, -0.25) is 10.1 Å². The predicted octanol–water partition coefficient (Wildman–Crippen LogP) is 4.67. The van der Waals surface area contributed by atoms with E-state index in [-0.39, 0.29) is 5.91 Å². The predicted molar refractivity (Wildman–Crippen MR) is 118 cm³/mol. The smallest absolute Gasteiger partial charge is 0.325 e. The van der Waals surface area contributed by atoms with Crippen LogP contribution >= 0.6 is 11.3 Å². The van der Waals surface area contributed by atoms with Crippen molar-refractivity contribution in [1.29, 1.82) is 0 Å². The van der Waals surface area contributed by atoms with E-state index in [1.807, 2.05) is 25.1 Å². The molecule has 0 saturated carbocycles. The lowest BCUT2D eigenvalue weighted by Crippen LogP contribution is -2.19. The van der Waals surface area contributed by atoms with E-state index in [0.717, 1.165) is 16.9 Å². The number of aryl methyl sites for hydroxylation is 2. The molecule has 0 aliphatic carbocycles. The van der Waals surface area contributed by atoms with Crippen LogP contribution in [0.4, 0.5) is 21.3 Å². The summed E-state index contributed by atoms with van der Waals surface area (Å²) < 4.78 is 10.5. The third-order valence-electron chi connectivity index (χ3n) is 4.16. The van der Waals surface area contributed by atoms with Crippen LogP contribution in [-0.4, -0.2) is 31.1 Å². The second-order valence-corrected chi connectivity index (χ2v) is 7.40. The minimum Gasteiger partial charge on any atom is -0.497 e. The van der Waals surface area contributed by atoms with Crippen molar-refractivity contribution >= 4 is 39.8 Å². The fourth-order valence-corrected chi connectivity index (χ4v) is 3.58. The Balaban J connectivity index is 1.69. The Labute approximate surface area is 178 Å². The summed E-state index contributed by atoms with van der Waals surface area (Å²) in [4.78, 5) is 29.6. The Morgan fingerprint density at radius 2 is 1.77 bits per heavy atom. The minimum absolute atomic E-state index is 0.324. The Hall–Kier alpha value is -3.59. The number of amides is 3. The van der Waals surface area contributed by atoms with Gasteiger partial charge in [-0.05, 0) is 43.7 Å². The van der Waals surface area contributed by atoms with Gasteiger partial charge in [0.15, 0.2) is 5.13 Å². The number of ether oxygens (including phenoxy) is 2. The van der Waals surface area contributed by atoms with Crippen molar-refractivity contribution in [3.05, 3.63) is 58.6 Å². The van der Waals surface area contributed by atoms with Gasteiger partial charge in [0.05, 0.1) is 25.6 Å². The van der Waals surface area contributed by atoms with Gasteiger partial charge in [-0.25, -0.2) is 9.78 Å². The molecule has 30 heavy (non-hydrogen) atoms. The SMILES string of the molecule is COc1ccc(NC(=O)c2sc(NC(=O)Nc3cccc(C)c3)nc2C)c(OC)c1. The first kappa shape index (κ1) is 21.1. The van der Waals surface area contributed by atoms with Crippen LogP contribution in [0.15, 0.2) is 42.5 Å². The first-order valence-corrected chi connectivity index (χ1v) is 9.86. The van der Waals surface area contributed by atoms with Crippen LogP contribution in [0.2, 0.25) is 0 Å². The van der Waals surface area contributed by atoms with Gasteiger partial charge in [0.2, 0.25) is 0 Å². The molecule has 0 fully saturated rings. The van der Waals surface area contributed by atoms with Gasteiger partial charge in [0.25, 0.3) is 5.91 Å². The van der Waals surface area contributed by atoms with Crippen LogP contribution in [0, 0.1) is 13.8 Å². The second kappa shape index (κ2) is 9.27. The number of anilines is 3. The number of nitrogens with zero attached hydrogens (tertiary/aromatic N) is 1. The maximum Gasteiger partial charge on any atom is 0.325 e. The lowest BCUT2D eigenvalue weighted by molar-refractivity contribution is 0.102. The highest BCUT2D eigenvalue weighted by atomic mass is 32.1. The van der Waals surface area contributed by atoms with Crippen molar-refractivity contribution in [2.24, 2.45) is 0 Å². The molecule has 0 spiro atoms. The van der Waals surface area contributed by atoms with Crippen molar-refractivity contribution in [2.75, 3.05) is 30.2 Å². The summed E-state index contributed by atoms with van der Waals surface area (Å²) in [5.74, 6) is 0.742. The number of carbonyl (C=O) groups excluding carboxylic acids is 2. The zero-order valence-corrected chi connectivity index (χ0v) is 17.8. The lowest BCUT2D eigenvalue weighted by atomic mass is 10.2. The molecule has 9 heteroatoms. The Morgan fingerprint density at radius 3 is 2.47 bits per heavy atom. The van der Waals surface area contributed by atoms with Crippen LogP contribution in [0.5, 0.6) is 11.5 Å². The van der Waals surface area contributed by atoms with Gasteiger partial charge >= 0.3 is 6.03 Å². The average Bonchev–Trinajstić information content (AvgIpc) is 3.08. The van der Waals surface area contributed by atoms with Crippen LogP contribution in [0.1, 0.15) is 20.9 Å². The summed E-state index contributed by atoms with van der Waals surface area (Å²) in [6.07, 6.45) is 0. The third-order valence-corrected chi connectivity index (χ3v) is 5.23. The van der Waals surface area contributed by atoms with E-state index in [0.29, 0.717) is 38.6 Å². The molecule has 0 bridgehead atoms. The quantitative estimate of drug-likeness (QED) is 0.531. The zero-order valence-electron chi connectivity index (χ0n) is 17.0. The van der Waals surface area contributed by atoms with E-state index in [2.05, 4.69) is 20.9 Å². The highest BCUT2D eigenvalue weighted by Gasteiger charge is 2.18. The Bertz CT molecular complexity index is 1080. The van der Waals surface area contributed by atoms with Gasteiger partial charge in [0, 0.05) is 11.8 Å². The van der Waals surface area contributed by atoms with E-state index in [1.54, 1.807) is 38.3 Å². The average molecular weight is 426 g/mol. The molecule has 3 amide bonds. The number of aromatic nitrogens is 1. The molecule has 2 aromatic carbocycles. The molecule has 3 rings (SSSR count). The molecule has 0 atom stereocenters. The van der Waals surface area contributed by atoms with Crippen molar-refractivity contribution < 1.29 is 19.1 Å². The fourth-order valence-electron chi connectivity index (χ4n) is 2.72. The molecule has 0 radical (unpaired) electrons. The largest absolute Gasteiger partial charge is 0.497 e. The number of benzene rings is 2. The van der Waals surface area contributed by atoms with E-state index < -0.39 is 6.03 Å². The zero-order chi connectivity index (χ0) is 21.7. The topological polar surface area (TPSA) is 102 Å². The van der Waals surface area contributed by atoms with E-state index >= 15 is 0 Å². The van der Waals surface area contributed by atoms with Gasteiger partial charge < -0.3 is 20.1 Å². The summed E-state index contributed by atoms with van der Waals surface area (Å²) in [7, 11) is 3.06. The number of thiazole rings is 1. The highest BCUT2D eigenvalue weighted by molar-refractivity contribution is 7.17. The molecular weight excluding hydrogens is 404 g/mol. The molecule has 156 valence electrons. The summed E-state index contributed by atoms with van der Waals surface area (Å²) in [5, 5.41) is 8.53. The minimum atomic E-state index is -0.432. The standard InChI is InChI=1S/C21H22N4O4S/c1-12-6-5-7-14(10-12)23-20(27)25-21-22-13(2)18(30-21)19(26)24-16-9-8-15(28-3)11-17(16)29-4/h5-11H,1-4H3,(H,24,26)(H2,22,23,25,27). The van der Waals surface area contributed by atoms with Gasteiger partial charge in [0.1, 0.15) is 16.4 Å². The monoisotopic (exact) mass is 426 g/mol. The van der Waals surface area contributed by atoms with E-state index in [1.165, 1.54) is 7.11 Å². The van der Waals surface area contributed by atoms with Crippen LogP contribution in [0.25, 0.3) is 0 Å². The van der Waals surface area contributed by atoms with Gasteiger partial charge in [-0.2, -0.15) is 0 Å². The third kappa shape index (κ3) is 5.06. The second-order valence-electron chi connectivity index (χ2n) is 6.40. The van der Waals surface area contributed by atoms with Crippen molar-refractivity contribution in [2.45, 2.75) is 13.8 Å². The maximum absolute atomic E-state index is 12.7. The van der Waals surface area contributed by atoms with Gasteiger partial charge in [-0.15, -0.1) is 0 Å². The number of rotatable bonds is 6. The number of hydrogen-bond donors (Lipinski definition) is 3. The van der Waals surface area contributed by atoms with Gasteiger partial charge in [-0.1, -0.05) is 23.5 Å². The van der Waals surface area contributed by atoms with Crippen molar-refractivity contribution in [3.63, 3.8) is 0 Å². The van der Waals surface area contributed by atoms with Crippen LogP contribution < -0.4 is 25.4 Å². The number of nitrogens with one attached hydrogen (secondary N) is 3. The van der Waals surface area contributed by atoms with Crippen molar-refractivity contribution in [3.8, 4) is 11.5 Å². The molecule has 3 aromatic rings. The summed E-state index contributed by atoms with van der Waals surface area (Å²) in [6, 6.07) is 12.1. The van der Waals surface area contributed by atoms with Crippen LogP contribution in [0.3, 0.4) is 0 Å². The number of hydrogen-bond acceptors (Lipinski definition) is 6. The highest BCUT2D eigenvalue weighted by Crippen LogP contribution is 2.31. The molecular formula is C21H22N4O4S. The van der Waals surface area contributed by atoms with E-state index in [9.17, 15) is 9.59 Å². The molecule has 1 heterocycles. The number of carbonyl (C=O) groups is 2. The first-order valence-electron chi connectivity index (χ1n) is 9.05. The maximum atomic E-state index is 12.7. The molecule has 0 aliphatic heterocycles. The normalized spacial score (nSPS) is 10.3. The molecule has 0 aliphatic rings. The van der Waals surface area contributed by atoms with Crippen molar-refractivity contribution in [1.82, 2.24) is 4.98 Å². The summed E-state index contributed by atoms with van der Waals surface area (Å²) in [6.45, 7) is 3.65. The Kier molecular flexibility index (Phi) is 6.53. The summed E-state index contributed by atoms with van der Waals surface area (Å²) >= 11 is 1.09. The molecule has 0 unspecified atom stereocenters. The number of urea groups is 1. The summed E-state index contributed by atoms with van der Waals surface area (Å²) in [5.41, 5.74) is 2.72. The van der Waals surface area contributed by atoms with Crippen LogP contribution in [-0.2, 0) is 0 Å². The Morgan fingerprint density at radius 1 is 0.967 bits per heavy atom. The fraction of sp³-hybridized carbons (Fsp3) is 0.190. The first-order chi connectivity index (χ1) is 14.4. The molecule has 8 nitrogen and oxygen atoms in total. The molecule has 3 N–H and O–H groups in total. The molecule has 1 aromatic heterocycles. The molecule has 0 saturated heterocycles. The van der Waals surface area contributed by atoms with E-state index in [4.69, 9.17) is 9.47 Å².